The lowest BCUT2D eigenvalue weighted by atomic mass is 9.90. The van der Waals surface area contributed by atoms with Crippen molar-refractivity contribution < 1.29 is 5.11 Å². The van der Waals surface area contributed by atoms with Gasteiger partial charge in [-0.1, -0.05) is 60.3 Å². The van der Waals surface area contributed by atoms with Crippen LogP contribution in [0.4, 0.5) is 0 Å². The smallest absolute Gasteiger partial charge is 0.182 e. The molecule has 5 heteroatoms. The molecule has 0 aliphatic carbocycles. The maximum atomic E-state index is 12.0. The lowest BCUT2D eigenvalue weighted by Gasteiger charge is -2.38. The van der Waals surface area contributed by atoms with E-state index in [4.69, 9.17) is 4.99 Å². The first-order valence-electron chi connectivity index (χ1n) is 8.94. The average molecular weight is 389 g/mol. The molecular formula is C21H25ClN2OS. The van der Waals surface area contributed by atoms with E-state index in [9.17, 15) is 5.11 Å². The number of nitrogens with zero attached hydrogens (tertiary/aromatic N) is 2. The predicted molar refractivity (Wildman–Crippen MR) is 112 cm³/mol. The molecule has 2 aliphatic rings. The minimum Gasteiger partial charge on any atom is -0.365 e. The van der Waals surface area contributed by atoms with Crippen LogP contribution < -0.4 is 0 Å². The highest BCUT2D eigenvalue weighted by atomic mass is 35.5. The number of hydrogen-bond acceptors (Lipinski definition) is 4. The monoisotopic (exact) mass is 388 g/mol. The Morgan fingerprint density at radius 2 is 1.85 bits per heavy atom. The fraction of sp³-hybridized carbons (Fsp3) is 0.381. The molecule has 3 nitrogen and oxygen atoms in total. The first-order valence-corrected chi connectivity index (χ1v) is 9.82. The van der Waals surface area contributed by atoms with Crippen molar-refractivity contribution in [2.75, 3.05) is 13.1 Å². The van der Waals surface area contributed by atoms with Crippen LogP contribution >= 0.6 is 24.2 Å². The van der Waals surface area contributed by atoms with E-state index in [0.29, 0.717) is 0 Å². The molecule has 2 aromatic carbocycles. The van der Waals surface area contributed by atoms with Crippen LogP contribution in [-0.2, 0) is 5.72 Å². The van der Waals surface area contributed by atoms with Gasteiger partial charge in [0.2, 0.25) is 0 Å². The second-order valence-corrected chi connectivity index (χ2v) is 8.03. The van der Waals surface area contributed by atoms with E-state index >= 15 is 0 Å². The number of hydrogen-bond donors (Lipinski definition) is 1. The molecule has 1 N–H and O–H groups in total. The Labute approximate surface area is 165 Å². The summed E-state index contributed by atoms with van der Waals surface area (Å²) >= 11 is 1.70. The standard InChI is InChI=1S/C21H24N2OS.ClH/c1-15-10-11-18(14-16(15)2)21(24)19(17-8-4-3-5-9-17)25-20-22-12-6-7-13-23(20)21;/h3-5,8-11,14,19,24H,6-7,12-13H2,1-2H3;1H. The van der Waals surface area contributed by atoms with Crippen molar-refractivity contribution in [1.82, 2.24) is 4.90 Å². The summed E-state index contributed by atoms with van der Waals surface area (Å²) in [7, 11) is 0. The van der Waals surface area contributed by atoms with Crippen molar-refractivity contribution in [2.45, 2.75) is 37.7 Å². The highest BCUT2D eigenvalue weighted by molar-refractivity contribution is 8.14. The maximum absolute atomic E-state index is 12.0. The van der Waals surface area contributed by atoms with E-state index in [1.165, 1.54) is 11.1 Å². The summed E-state index contributed by atoms with van der Waals surface area (Å²) in [5.41, 5.74) is 3.50. The second-order valence-electron chi connectivity index (χ2n) is 6.96. The van der Waals surface area contributed by atoms with Crippen molar-refractivity contribution in [2.24, 2.45) is 4.99 Å². The molecule has 26 heavy (non-hydrogen) atoms. The van der Waals surface area contributed by atoms with Crippen LogP contribution in [0.3, 0.4) is 0 Å². The van der Waals surface area contributed by atoms with E-state index in [1.807, 2.05) is 18.2 Å². The molecule has 1 fully saturated rings. The molecule has 1 saturated heterocycles. The number of aliphatic imine (C=N–C) groups is 1. The van der Waals surface area contributed by atoms with Crippen LogP contribution in [0.2, 0.25) is 0 Å². The molecule has 2 unspecified atom stereocenters. The summed E-state index contributed by atoms with van der Waals surface area (Å²) in [6, 6.07) is 16.7. The molecule has 0 saturated carbocycles. The molecule has 0 aromatic heterocycles. The van der Waals surface area contributed by atoms with E-state index in [-0.39, 0.29) is 17.7 Å². The first kappa shape index (κ1) is 19.3. The third-order valence-electron chi connectivity index (χ3n) is 5.30. The molecule has 0 radical (unpaired) electrons. The number of benzene rings is 2. The Balaban J connectivity index is 0.00000196. The van der Waals surface area contributed by atoms with Crippen molar-refractivity contribution in [3.8, 4) is 0 Å². The lowest BCUT2D eigenvalue weighted by Crippen LogP contribution is -2.46. The molecule has 0 bridgehead atoms. The number of aryl methyl sites for hydroxylation is 2. The SMILES string of the molecule is Cc1ccc(C2(O)C(c3ccccc3)SC3=NCCCCN32)cc1C.Cl. The predicted octanol–water partition coefficient (Wildman–Crippen LogP) is 4.81. The van der Waals surface area contributed by atoms with E-state index in [0.717, 1.165) is 42.2 Å². The number of halogens is 1. The number of rotatable bonds is 2. The number of thioether (sulfide) groups is 1. The van der Waals surface area contributed by atoms with Gasteiger partial charge in [-0.25, -0.2) is 0 Å². The van der Waals surface area contributed by atoms with Gasteiger partial charge in [-0.05, 0) is 43.4 Å². The minimum atomic E-state index is -1.06. The first-order chi connectivity index (χ1) is 12.1. The highest BCUT2D eigenvalue weighted by Gasteiger charge is 2.53. The van der Waals surface area contributed by atoms with Gasteiger partial charge in [-0.15, -0.1) is 12.4 Å². The zero-order valence-electron chi connectivity index (χ0n) is 15.2. The Kier molecular flexibility index (Phi) is 5.66. The third-order valence-corrected chi connectivity index (χ3v) is 6.70. The summed E-state index contributed by atoms with van der Waals surface area (Å²) < 4.78 is 0. The average Bonchev–Trinajstić information content (AvgIpc) is 2.77. The van der Waals surface area contributed by atoms with Crippen molar-refractivity contribution >= 4 is 29.3 Å². The molecule has 2 aromatic rings. The van der Waals surface area contributed by atoms with Crippen molar-refractivity contribution in [1.29, 1.82) is 0 Å². The van der Waals surface area contributed by atoms with Crippen LogP contribution in [0.25, 0.3) is 0 Å². The van der Waals surface area contributed by atoms with Crippen LogP contribution in [0.15, 0.2) is 53.5 Å². The lowest BCUT2D eigenvalue weighted by molar-refractivity contribution is -0.0712. The van der Waals surface area contributed by atoms with Crippen molar-refractivity contribution in [3.63, 3.8) is 0 Å². The summed E-state index contributed by atoms with van der Waals surface area (Å²) in [4.78, 5) is 6.90. The fourth-order valence-corrected chi connectivity index (χ4v) is 5.14. The van der Waals surface area contributed by atoms with Gasteiger partial charge in [0.05, 0.1) is 5.25 Å². The van der Waals surface area contributed by atoms with Gasteiger partial charge < -0.3 is 10.0 Å². The summed E-state index contributed by atoms with van der Waals surface area (Å²) in [5.74, 6) is 0. The molecule has 2 atom stereocenters. The molecule has 2 aliphatic heterocycles. The van der Waals surface area contributed by atoms with Crippen LogP contribution in [0, 0.1) is 13.8 Å². The van der Waals surface area contributed by atoms with Crippen LogP contribution in [0.1, 0.15) is 40.3 Å². The van der Waals surface area contributed by atoms with E-state index in [1.54, 1.807) is 11.8 Å². The van der Waals surface area contributed by atoms with Gasteiger partial charge in [0.1, 0.15) is 0 Å². The number of amidine groups is 1. The number of aliphatic hydroxyl groups is 1. The molecule has 4 rings (SSSR count). The molecule has 138 valence electrons. The normalized spacial score (nSPS) is 25.1. The fourth-order valence-electron chi connectivity index (χ4n) is 3.69. The highest BCUT2D eigenvalue weighted by Crippen LogP contribution is 2.54. The van der Waals surface area contributed by atoms with Gasteiger partial charge in [0, 0.05) is 18.7 Å². The summed E-state index contributed by atoms with van der Waals surface area (Å²) in [6.45, 7) is 5.92. The van der Waals surface area contributed by atoms with Crippen LogP contribution in [0.5, 0.6) is 0 Å². The third kappa shape index (κ3) is 3.15. The van der Waals surface area contributed by atoms with Gasteiger partial charge in [0.25, 0.3) is 0 Å². The molecule has 0 amide bonds. The van der Waals surface area contributed by atoms with Crippen LogP contribution in [-0.4, -0.2) is 28.3 Å². The summed E-state index contributed by atoms with van der Waals surface area (Å²) in [5, 5.41) is 12.9. The zero-order chi connectivity index (χ0) is 17.4. The van der Waals surface area contributed by atoms with Gasteiger partial charge in [-0.2, -0.15) is 0 Å². The Hall–Kier alpha value is -1.49. The second kappa shape index (κ2) is 7.63. The molecule has 0 spiro atoms. The minimum absolute atomic E-state index is 0. The number of fused-ring (bicyclic) bond motifs is 1. The largest absolute Gasteiger partial charge is 0.365 e. The van der Waals surface area contributed by atoms with E-state index in [2.05, 4.69) is 49.1 Å². The maximum Gasteiger partial charge on any atom is 0.182 e. The molecular weight excluding hydrogens is 364 g/mol. The summed E-state index contributed by atoms with van der Waals surface area (Å²) in [6.07, 6.45) is 2.14. The van der Waals surface area contributed by atoms with Gasteiger partial charge in [-0.3, -0.25) is 4.99 Å². The topological polar surface area (TPSA) is 35.8 Å². The van der Waals surface area contributed by atoms with Gasteiger partial charge >= 0.3 is 0 Å². The van der Waals surface area contributed by atoms with Gasteiger partial charge in [0.15, 0.2) is 10.9 Å². The Morgan fingerprint density at radius 1 is 1.08 bits per heavy atom. The Morgan fingerprint density at radius 3 is 2.58 bits per heavy atom. The Bertz CT molecular complexity index is 811. The van der Waals surface area contributed by atoms with E-state index < -0.39 is 5.72 Å². The van der Waals surface area contributed by atoms with Crippen molar-refractivity contribution in [3.05, 3.63) is 70.8 Å². The molecule has 2 heterocycles. The quantitative estimate of drug-likeness (QED) is 0.801. The zero-order valence-corrected chi connectivity index (χ0v) is 16.8.